The Balaban J connectivity index is 2.24. The molecule has 0 saturated carbocycles. The van der Waals surface area contributed by atoms with E-state index in [-0.39, 0.29) is 11.9 Å². The molecule has 106 valence electrons. The highest BCUT2D eigenvalue weighted by Crippen LogP contribution is 2.24. The zero-order valence-electron chi connectivity index (χ0n) is 12.4. The number of hydrogen-bond acceptors (Lipinski definition) is 2. The summed E-state index contributed by atoms with van der Waals surface area (Å²) in [7, 11) is 0. The first kappa shape index (κ1) is 14.0. The van der Waals surface area contributed by atoms with Crippen molar-refractivity contribution in [2.75, 3.05) is 18.8 Å². The smallest absolute Gasteiger partial charge is 0.270 e. The number of anilines is 1. The number of likely N-dealkylation sites (tertiary alicyclic amines) is 1. The van der Waals surface area contributed by atoms with Gasteiger partial charge in [0.25, 0.3) is 5.91 Å². The second kappa shape index (κ2) is 5.27. The SMILES string of the molecule is CC1CC(C)CN(C(=O)c2cc(N)cn2C(C)C)C1. The molecule has 1 saturated heterocycles. The maximum atomic E-state index is 12.7. The van der Waals surface area contributed by atoms with Crippen LogP contribution in [0.25, 0.3) is 0 Å². The van der Waals surface area contributed by atoms with E-state index in [1.54, 1.807) is 6.07 Å². The molecule has 19 heavy (non-hydrogen) atoms. The van der Waals surface area contributed by atoms with Gasteiger partial charge in [-0.15, -0.1) is 0 Å². The van der Waals surface area contributed by atoms with Gasteiger partial charge in [0, 0.05) is 25.3 Å². The van der Waals surface area contributed by atoms with Crippen LogP contribution in [-0.4, -0.2) is 28.5 Å². The third kappa shape index (κ3) is 2.94. The van der Waals surface area contributed by atoms with E-state index in [1.807, 2.05) is 15.7 Å². The van der Waals surface area contributed by atoms with Gasteiger partial charge in [0.15, 0.2) is 0 Å². The topological polar surface area (TPSA) is 51.3 Å². The number of carbonyl (C=O) groups excluding carboxylic acids is 1. The molecule has 1 aromatic rings. The van der Waals surface area contributed by atoms with Crippen molar-refractivity contribution in [2.45, 2.75) is 40.2 Å². The molecular weight excluding hydrogens is 238 g/mol. The first-order chi connectivity index (χ1) is 8.88. The number of piperidine rings is 1. The van der Waals surface area contributed by atoms with Crippen molar-refractivity contribution in [3.05, 3.63) is 18.0 Å². The number of aromatic nitrogens is 1. The van der Waals surface area contributed by atoms with Gasteiger partial charge in [0.2, 0.25) is 0 Å². The second-order valence-corrected chi connectivity index (χ2v) is 6.32. The summed E-state index contributed by atoms with van der Waals surface area (Å²) >= 11 is 0. The summed E-state index contributed by atoms with van der Waals surface area (Å²) in [6.07, 6.45) is 3.06. The highest BCUT2D eigenvalue weighted by Gasteiger charge is 2.28. The van der Waals surface area contributed by atoms with E-state index in [9.17, 15) is 4.79 Å². The maximum Gasteiger partial charge on any atom is 0.270 e. The predicted octanol–water partition coefficient (Wildman–Crippen LogP) is 2.77. The summed E-state index contributed by atoms with van der Waals surface area (Å²) in [4.78, 5) is 14.7. The lowest BCUT2D eigenvalue weighted by Gasteiger charge is -2.35. The Morgan fingerprint density at radius 3 is 2.42 bits per heavy atom. The van der Waals surface area contributed by atoms with Crippen LogP contribution in [0.2, 0.25) is 0 Å². The zero-order valence-corrected chi connectivity index (χ0v) is 12.4. The average Bonchev–Trinajstić information content (AvgIpc) is 2.69. The van der Waals surface area contributed by atoms with Crippen molar-refractivity contribution in [3.8, 4) is 0 Å². The lowest BCUT2D eigenvalue weighted by Crippen LogP contribution is -2.43. The maximum absolute atomic E-state index is 12.7. The van der Waals surface area contributed by atoms with Gasteiger partial charge in [-0.2, -0.15) is 0 Å². The summed E-state index contributed by atoms with van der Waals surface area (Å²) in [5.74, 6) is 1.27. The van der Waals surface area contributed by atoms with Gasteiger partial charge in [-0.1, -0.05) is 13.8 Å². The summed E-state index contributed by atoms with van der Waals surface area (Å²) in [6.45, 7) is 10.3. The standard InChI is InChI=1S/C15H25N3O/c1-10(2)18-9-13(16)6-14(18)15(19)17-7-11(3)5-12(4)8-17/h6,9-12H,5,7-8,16H2,1-4H3. The van der Waals surface area contributed by atoms with Gasteiger partial charge in [-0.3, -0.25) is 4.79 Å². The van der Waals surface area contributed by atoms with Crippen LogP contribution in [0.4, 0.5) is 5.69 Å². The molecule has 0 spiro atoms. The van der Waals surface area contributed by atoms with E-state index >= 15 is 0 Å². The molecule has 1 aliphatic heterocycles. The van der Waals surface area contributed by atoms with Crippen molar-refractivity contribution < 1.29 is 4.79 Å². The average molecular weight is 263 g/mol. The first-order valence-corrected chi connectivity index (χ1v) is 7.15. The molecule has 0 radical (unpaired) electrons. The number of hydrogen-bond donors (Lipinski definition) is 1. The van der Waals surface area contributed by atoms with Crippen molar-refractivity contribution in [3.63, 3.8) is 0 Å². The monoisotopic (exact) mass is 263 g/mol. The quantitative estimate of drug-likeness (QED) is 0.892. The second-order valence-electron chi connectivity index (χ2n) is 6.32. The van der Waals surface area contributed by atoms with Crippen LogP contribution in [0.15, 0.2) is 12.3 Å². The minimum atomic E-state index is 0.115. The van der Waals surface area contributed by atoms with Crippen LogP contribution < -0.4 is 5.73 Å². The van der Waals surface area contributed by atoms with Crippen LogP contribution in [-0.2, 0) is 0 Å². The molecule has 2 unspecified atom stereocenters. The van der Waals surface area contributed by atoms with Crippen molar-refractivity contribution >= 4 is 11.6 Å². The Kier molecular flexibility index (Phi) is 3.88. The highest BCUT2D eigenvalue weighted by atomic mass is 16.2. The molecule has 0 bridgehead atoms. The Labute approximate surface area is 115 Å². The summed E-state index contributed by atoms with van der Waals surface area (Å²) in [5.41, 5.74) is 7.23. The van der Waals surface area contributed by atoms with Gasteiger partial charge < -0.3 is 15.2 Å². The summed E-state index contributed by atoms with van der Waals surface area (Å²) in [5, 5.41) is 0. The molecule has 0 aliphatic carbocycles. The van der Waals surface area contributed by atoms with Crippen molar-refractivity contribution in [2.24, 2.45) is 11.8 Å². The van der Waals surface area contributed by atoms with Crippen LogP contribution in [0.1, 0.15) is 50.6 Å². The molecule has 1 aromatic heterocycles. The van der Waals surface area contributed by atoms with Crippen molar-refractivity contribution in [1.29, 1.82) is 0 Å². The normalized spacial score (nSPS) is 23.9. The molecule has 4 nitrogen and oxygen atoms in total. The molecule has 0 aromatic carbocycles. The third-order valence-corrected chi connectivity index (χ3v) is 3.80. The molecule has 2 heterocycles. The number of carbonyl (C=O) groups is 1. The largest absolute Gasteiger partial charge is 0.397 e. The fourth-order valence-corrected chi connectivity index (χ4v) is 3.09. The zero-order chi connectivity index (χ0) is 14.2. The van der Waals surface area contributed by atoms with Crippen molar-refractivity contribution in [1.82, 2.24) is 9.47 Å². The summed E-state index contributed by atoms with van der Waals surface area (Å²) < 4.78 is 1.97. The molecule has 1 fully saturated rings. The number of nitrogens with two attached hydrogens (primary N) is 1. The molecule has 2 atom stereocenters. The Morgan fingerprint density at radius 1 is 1.32 bits per heavy atom. The van der Waals surface area contributed by atoms with Gasteiger partial charge in [0.1, 0.15) is 5.69 Å². The number of rotatable bonds is 2. The minimum Gasteiger partial charge on any atom is -0.397 e. The molecular formula is C15H25N3O. The Morgan fingerprint density at radius 2 is 1.89 bits per heavy atom. The van der Waals surface area contributed by atoms with E-state index in [0.29, 0.717) is 23.2 Å². The number of nitrogen functional groups attached to an aromatic ring is 1. The van der Waals surface area contributed by atoms with Gasteiger partial charge >= 0.3 is 0 Å². The van der Waals surface area contributed by atoms with Crippen LogP contribution >= 0.6 is 0 Å². The van der Waals surface area contributed by atoms with Gasteiger partial charge in [-0.05, 0) is 38.2 Å². The van der Waals surface area contributed by atoms with E-state index in [1.165, 1.54) is 6.42 Å². The molecule has 2 rings (SSSR count). The predicted molar refractivity (Wildman–Crippen MR) is 78.1 cm³/mol. The molecule has 4 heteroatoms. The van der Waals surface area contributed by atoms with E-state index in [2.05, 4.69) is 27.7 Å². The third-order valence-electron chi connectivity index (χ3n) is 3.80. The van der Waals surface area contributed by atoms with E-state index in [0.717, 1.165) is 13.1 Å². The van der Waals surface area contributed by atoms with E-state index in [4.69, 9.17) is 5.73 Å². The Hall–Kier alpha value is -1.45. The molecule has 1 aliphatic rings. The van der Waals surface area contributed by atoms with Crippen LogP contribution in [0.3, 0.4) is 0 Å². The fraction of sp³-hybridized carbons (Fsp3) is 0.667. The van der Waals surface area contributed by atoms with Gasteiger partial charge in [-0.25, -0.2) is 0 Å². The number of amides is 1. The Bertz CT molecular complexity index is 454. The summed E-state index contributed by atoms with van der Waals surface area (Å²) in [6, 6.07) is 2.04. The lowest BCUT2D eigenvalue weighted by molar-refractivity contribution is 0.0610. The van der Waals surface area contributed by atoms with Crippen LogP contribution in [0, 0.1) is 11.8 Å². The lowest BCUT2D eigenvalue weighted by atomic mass is 9.92. The van der Waals surface area contributed by atoms with Gasteiger partial charge in [0.05, 0.1) is 5.69 Å². The molecule has 1 amide bonds. The minimum absolute atomic E-state index is 0.115. The highest BCUT2D eigenvalue weighted by molar-refractivity contribution is 5.94. The van der Waals surface area contributed by atoms with Crippen LogP contribution in [0.5, 0.6) is 0 Å². The fourth-order valence-electron chi connectivity index (χ4n) is 3.09. The first-order valence-electron chi connectivity index (χ1n) is 7.15. The number of nitrogens with zero attached hydrogens (tertiary/aromatic N) is 2. The van der Waals surface area contributed by atoms with E-state index < -0.39 is 0 Å². The molecule has 2 N–H and O–H groups in total.